The molecule has 1 aliphatic rings. The minimum Gasteiger partial charge on any atom is -0.396 e. The maximum absolute atomic E-state index is 12.1. The second kappa shape index (κ2) is 5.97. The van der Waals surface area contributed by atoms with Crippen molar-refractivity contribution in [2.45, 2.75) is 39.2 Å². The smallest absolute Gasteiger partial charge is 0.265 e. The Morgan fingerprint density at radius 1 is 1.55 bits per heavy atom. The molecule has 1 amide bonds. The molecule has 0 saturated heterocycles. The number of rotatable bonds is 7. The fraction of sp³-hybridized carbons (Fsp3) is 0.692. The Labute approximate surface area is 122 Å². The Morgan fingerprint density at radius 2 is 2.25 bits per heavy atom. The molecular weight excluding hydrogens is 276 g/mol. The number of nitrogens with zero attached hydrogens (tertiary/aromatic N) is 1. The van der Waals surface area contributed by atoms with Gasteiger partial charge in [-0.2, -0.15) is 0 Å². The molecule has 1 fully saturated rings. The summed E-state index contributed by atoms with van der Waals surface area (Å²) in [5, 5.41) is 15.8. The van der Waals surface area contributed by atoms with Crippen LogP contribution in [0.1, 0.15) is 42.8 Å². The molecule has 6 nitrogen and oxygen atoms in total. The molecule has 0 radical (unpaired) electrons. The normalized spacial score (nSPS) is 15.2. The second-order valence-corrected chi connectivity index (χ2v) is 6.97. The number of aromatic nitrogens is 1. The van der Waals surface area contributed by atoms with Crippen LogP contribution in [-0.4, -0.2) is 35.2 Å². The van der Waals surface area contributed by atoms with Crippen molar-refractivity contribution in [3.63, 3.8) is 0 Å². The molecule has 1 aromatic rings. The number of aliphatic hydroxyl groups is 1. The van der Waals surface area contributed by atoms with Gasteiger partial charge < -0.3 is 21.5 Å². The van der Waals surface area contributed by atoms with Crippen molar-refractivity contribution in [1.29, 1.82) is 0 Å². The van der Waals surface area contributed by atoms with Crippen molar-refractivity contribution < 1.29 is 9.90 Å². The lowest BCUT2D eigenvalue weighted by Gasteiger charge is -2.23. The summed E-state index contributed by atoms with van der Waals surface area (Å²) >= 11 is 1.29. The quantitative estimate of drug-likeness (QED) is 0.610. The first kappa shape index (κ1) is 15.1. The number of hydrogen-bond acceptors (Lipinski definition) is 6. The SMILES string of the molecule is CC(C)(CCO)CNC(=O)c1sc(NC2CC2)nc1N. The minimum absolute atomic E-state index is 0.112. The van der Waals surface area contributed by atoms with Crippen molar-refractivity contribution in [2.75, 3.05) is 24.2 Å². The van der Waals surface area contributed by atoms with Crippen LogP contribution in [0, 0.1) is 5.41 Å². The molecule has 0 bridgehead atoms. The maximum atomic E-state index is 12.1. The number of carbonyl (C=O) groups excluding carboxylic acids is 1. The molecule has 0 atom stereocenters. The Balaban J connectivity index is 1.92. The lowest BCUT2D eigenvalue weighted by atomic mass is 9.90. The Kier molecular flexibility index (Phi) is 4.49. The molecule has 5 N–H and O–H groups in total. The predicted octanol–water partition coefficient (Wildman–Crippen LogP) is 1.44. The zero-order chi connectivity index (χ0) is 14.8. The van der Waals surface area contributed by atoms with Crippen LogP contribution in [0.5, 0.6) is 0 Å². The molecule has 7 heteroatoms. The van der Waals surface area contributed by atoms with E-state index in [0.717, 1.165) is 12.8 Å². The van der Waals surface area contributed by atoms with Crippen LogP contribution in [0.15, 0.2) is 0 Å². The summed E-state index contributed by atoms with van der Waals surface area (Å²) in [6.45, 7) is 4.61. The van der Waals surface area contributed by atoms with E-state index in [1.807, 2.05) is 13.8 Å². The highest BCUT2D eigenvalue weighted by atomic mass is 32.1. The summed E-state index contributed by atoms with van der Waals surface area (Å²) in [5.74, 6) is 0.0745. The first-order chi connectivity index (χ1) is 9.41. The fourth-order valence-corrected chi connectivity index (χ4v) is 2.63. The average molecular weight is 298 g/mol. The Bertz CT molecular complexity index is 483. The highest BCUT2D eigenvalue weighted by Gasteiger charge is 2.25. The molecule has 1 heterocycles. The van der Waals surface area contributed by atoms with Crippen LogP contribution in [-0.2, 0) is 0 Å². The molecule has 1 aromatic heterocycles. The van der Waals surface area contributed by atoms with E-state index in [4.69, 9.17) is 10.8 Å². The van der Waals surface area contributed by atoms with Gasteiger partial charge in [-0.15, -0.1) is 0 Å². The molecule has 1 saturated carbocycles. The monoisotopic (exact) mass is 298 g/mol. The van der Waals surface area contributed by atoms with Crippen molar-refractivity contribution in [3.8, 4) is 0 Å². The highest BCUT2D eigenvalue weighted by Crippen LogP contribution is 2.30. The Morgan fingerprint density at radius 3 is 2.85 bits per heavy atom. The third kappa shape index (κ3) is 4.08. The van der Waals surface area contributed by atoms with Crippen molar-refractivity contribution in [1.82, 2.24) is 10.3 Å². The van der Waals surface area contributed by atoms with Crippen molar-refractivity contribution in [3.05, 3.63) is 4.88 Å². The van der Waals surface area contributed by atoms with Crippen LogP contribution in [0.4, 0.5) is 10.9 Å². The average Bonchev–Trinajstić information content (AvgIpc) is 3.09. The van der Waals surface area contributed by atoms with Crippen molar-refractivity contribution >= 4 is 28.2 Å². The molecular formula is C13H22N4O2S. The van der Waals surface area contributed by atoms with Gasteiger partial charge in [0.05, 0.1) is 0 Å². The van der Waals surface area contributed by atoms with Crippen LogP contribution >= 0.6 is 11.3 Å². The fourth-order valence-electron chi connectivity index (χ4n) is 1.75. The predicted molar refractivity (Wildman–Crippen MR) is 81.0 cm³/mol. The van der Waals surface area contributed by atoms with Gasteiger partial charge in [-0.25, -0.2) is 4.98 Å². The van der Waals surface area contributed by atoms with Gasteiger partial charge in [0.1, 0.15) is 10.7 Å². The topological polar surface area (TPSA) is 100 Å². The van der Waals surface area contributed by atoms with Gasteiger partial charge in [-0.3, -0.25) is 4.79 Å². The summed E-state index contributed by atoms with van der Waals surface area (Å²) in [6.07, 6.45) is 2.94. The molecule has 2 rings (SSSR count). The zero-order valence-electron chi connectivity index (χ0n) is 11.9. The number of hydrogen-bond donors (Lipinski definition) is 4. The van der Waals surface area contributed by atoms with Gasteiger partial charge >= 0.3 is 0 Å². The largest absolute Gasteiger partial charge is 0.396 e. The van der Waals surface area contributed by atoms with Crippen LogP contribution in [0.3, 0.4) is 0 Å². The maximum Gasteiger partial charge on any atom is 0.265 e. The summed E-state index contributed by atoms with van der Waals surface area (Å²) < 4.78 is 0. The molecule has 1 aliphatic carbocycles. The summed E-state index contributed by atoms with van der Waals surface area (Å²) in [5.41, 5.74) is 5.65. The number of aliphatic hydroxyl groups excluding tert-OH is 1. The van der Waals surface area contributed by atoms with Gasteiger partial charge in [0, 0.05) is 19.2 Å². The standard InChI is InChI=1S/C13H22N4O2S/c1-13(2,5-6-18)7-15-11(19)9-10(14)17-12(20-9)16-8-3-4-8/h8,18H,3-7,14H2,1-2H3,(H,15,19)(H,16,17). The molecule has 0 spiro atoms. The number of anilines is 2. The van der Waals surface area contributed by atoms with Gasteiger partial charge in [-0.1, -0.05) is 25.2 Å². The molecule has 0 aliphatic heterocycles. The second-order valence-electron chi connectivity index (χ2n) is 5.97. The van der Waals surface area contributed by atoms with Gasteiger partial charge in [0.15, 0.2) is 5.13 Å². The number of nitrogen functional groups attached to an aromatic ring is 1. The number of carbonyl (C=O) groups is 1. The van der Waals surface area contributed by atoms with E-state index in [1.54, 1.807) is 0 Å². The molecule has 0 unspecified atom stereocenters. The van der Waals surface area contributed by atoms with Crippen LogP contribution in [0.2, 0.25) is 0 Å². The van der Waals surface area contributed by atoms with E-state index in [2.05, 4.69) is 15.6 Å². The molecule has 20 heavy (non-hydrogen) atoms. The number of thiazole rings is 1. The Hall–Kier alpha value is -1.34. The van der Waals surface area contributed by atoms with Crippen LogP contribution in [0.25, 0.3) is 0 Å². The van der Waals surface area contributed by atoms with Gasteiger partial charge in [0.2, 0.25) is 0 Å². The highest BCUT2D eigenvalue weighted by molar-refractivity contribution is 7.18. The number of nitrogens with one attached hydrogen (secondary N) is 2. The van der Waals surface area contributed by atoms with E-state index in [1.165, 1.54) is 11.3 Å². The first-order valence-electron chi connectivity index (χ1n) is 6.83. The number of nitrogens with two attached hydrogens (primary N) is 1. The van der Waals surface area contributed by atoms with Crippen LogP contribution < -0.4 is 16.4 Å². The summed E-state index contributed by atoms with van der Waals surface area (Å²) in [7, 11) is 0. The minimum atomic E-state index is -0.199. The van der Waals surface area contributed by atoms with Gasteiger partial charge in [0.25, 0.3) is 5.91 Å². The van der Waals surface area contributed by atoms with Gasteiger partial charge in [-0.05, 0) is 24.7 Å². The lowest BCUT2D eigenvalue weighted by molar-refractivity contribution is 0.0933. The molecule has 112 valence electrons. The van der Waals surface area contributed by atoms with E-state index in [0.29, 0.717) is 29.0 Å². The number of amides is 1. The van der Waals surface area contributed by atoms with E-state index < -0.39 is 0 Å². The molecule has 0 aromatic carbocycles. The zero-order valence-corrected chi connectivity index (χ0v) is 12.7. The lowest BCUT2D eigenvalue weighted by Crippen LogP contribution is -2.34. The third-order valence-corrected chi connectivity index (χ3v) is 4.28. The van der Waals surface area contributed by atoms with E-state index in [-0.39, 0.29) is 23.7 Å². The van der Waals surface area contributed by atoms with Crippen molar-refractivity contribution in [2.24, 2.45) is 5.41 Å². The third-order valence-electron chi connectivity index (χ3n) is 3.28. The van der Waals surface area contributed by atoms with E-state index >= 15 is 0 Å². The first-order valence-corrected chi connectivity index (χ1v) is 7.65. The van der Waals surface area contributed by atoms with E-state index in [9.17, 15) is 4.79 Å². The summed E-state index contributed by atoms with van der Waals surface area (Å²) in [4.78, 5) is 16.7. The summed E-state index contributed by atoms with van der Waals surface area (Å²) in [6, 6.07) is 0.486.